The van der Waals surface area contributed by atoms with Crippen LogP contribution in [0, 0.1) is 0 Å². The third-order valence-electron chi connectivity index (χ3n) is 4.94. The summed E-state index contributed by atoms with van der Waals surface area (Å²) in [6.45, 7) is 0.787. The Kier molecular flexibility index (Phi) is 5.74. The maximum absolute atomic E-state index is 13.6. The van der Waals surface area contributed by atoms with Crippen molar-refractivity contribution >= 4 is 40.2 Å². The number of nitrogens with two attached hydrogens (primary N) is 1. The molecule has 0 radical (unpaired) electrons. The number of aromatic nitrogens is 3. The number of rotatable bonds is 6. The van der Waals surface area contributed by atoms with Crippen molar-refractivity contribution in [2.75, 3.05) is 18.2 Å². The largest absolute Gasteiger partial charge is 0.494 e. The Hall–Kier alpha value is -4.34. The maximum atomic E-state index is 13.6. The molecule has 2 heterocycles. The zero-order valence-electron chi connectivity index (χ0n) is 17.8. The van der Waals surface area contributed by atoms with Crippen molar-refractivity contribution < 1.29 is 18.3 Å². The lowest BCUT2D eigenvalue weighted by Crippen LogP contribution is -2.12. The van der Waals surface area contributed by atoms with Gasteiger partial charge in [-0.1, -0.05) is 12.1 Å². The minimum absolute atomic E-state index is 0.124. The number of fused-ring (bicyclic) bond motifs is 1. The Labute approximate surface area is 187 Å². The van der Waals surface area contributed by atoms with E-state index < -0.39 is 11.8 Å². The van der Waals surface area contributed by atoms with Gasteiger partial charge in [-0.25, -0.2) is 13.8 Å². The fourth-order valence-corrected chi connectivity index (χ4v) is 3.29. The van der Waals surface area contributed by atoms with Crippen molar-refractivity contribution in [3.8, 4) is 17.0 Å². The highest BCUT2D eigenvalue weighted by Crippen LogP contribution is 2.35. The third-order valence-corrected chi connectivity index (χ3v) is 4.94. The van der Waals surface area contributed by atoms with E-state index in [0.29, 0.717) is 17.2 Å². The number of halogens is 2. The molecule has 0 aliphatic carbocycles. The Morgan fingerprint density at radius 2 is 1.97 bits per heavy atom. The number of nitrogens with one attached hydrogen (secondary N) is 2. The molecule has 0 bridgehead atoms. The summed E-state index contributed by atoms with van der Waals surface area (Å²) in [6, 6.07) is 12.6. The molecule has 10 heteroatoms. The number of alkyl halides is 2. The van der Waals surface area contributed by atoms with Gasteiger partial charge in [0.25, 0.3) is 11.8 Å². The number of H-pyrrole nitrogens is 1. The zero-order chi connectivity index (χ0) is 23.6. The number of nitrogens with zero attached hydrogens (tertiary/aromatic N) is 3. The average molecular weight is 450 g/mol. The van der Waals surface area contributed by atoms with Crippen molar-refractivity contribution in [2.24, 2.45) is 4.99 Å². The van der Waals surface area contributed by atoms with Crippen LogP contribution in [0.3, 0.4) is 0 Å². The van der Waals surface area contributed by atoms with Crippen LogP contribution in [0.15, 0.2) is 59.7 Å². The summed E-state index contributed by atoms with van der Waals surface area (Å²) >= 11 is 0. The highest BCUT2D eigenvalue weighted by Gasteiger charge is 2.25. The molecular formula is C23H20F2N6O2. The number of amides is 1. The summed E-state index contributed by atoms with van der Waals surface area (Å²) in [7, 11) is 1.40. The molecule has 2 aromatic heterocycles. The smallest absolute Gasteiger partial charge is 0.270 e. The number of ether oxygens (including phenoxy) is 1. The van der Waals surface area contributed by atoms with E-state index in [-0.39, 0.29) is 17.0 Å². The summed E-state index contributed by atoms with van der Waals surface area (Å²) in [5.74, 6) is -2.95. The number of anilines is 2. The van der Waals surface area contributed by atoms with Gasteiger partial charge < -0.3 is 15.8 Å². The predicted molar refractivity (Wildman–Crippen MR) is 123 cm³/mol. The lowest BCUT2D eigenvalue weighted by Gasteiger charge is -2.12. The first-order chi connectivity index (χ1) is 15.8. The van der Waals surface area contributed by atoms with E-state index in [0.717, 1.165) is 29.6 Å². The molecule has 0 atom stereocenters. The van der Waals surface area contributed by atoms with Crippen LogP contribution in [-0.2, 0) is 10.7 Å². The average Bonchev–Trinajstić information content (AvgIpc) is 3.18. The molecule has 4 rings (SSSR count). The maximum Gasteiger partial charge on any atom is 0.270 e. The van der Waals surface area contributed by atoms with Crippen LogP contribution in [0.1, 0.15) is 12.5 Å². The molecule has 0 aliphatic heterocycles. The number of benzene rings is 2. The van der Waals surface area contributed by atoms with Crippen LogP contribution in [-0.4, -0.2) is 34.4 Å². The summed E-state index contributed by atoms with van der Waals surface area (Å²) < 4.78 is 32.4. The van der Waals surface area contributed by atoms with Crippen LogP contribution < -0.4 is 15.8 Å². The third kappa shape index (κ3) is 4.64. The van der Waals surface area contributed by atoms with E-state index in [2.05, 4.69) is 25.5 Å². The van der Waals surface area contributed by atoms with Crippen LogP contribution in [0.25, 0.3) is 22.2 Å². The van der Waals surface area contributed by atoms with E-state index in [1.165, 1.54) is 25.3 Å². The van der Waals surface area contributed by atoms with Crippen molar-refractivity contribution in [3.63, 3.8) is 0 Å². The number of methoxy groups -OCH3 is 1. The van der Waals surface area contributed by atoms with E-state index in [1.54, 1.807) is 36.5 Å². The van der Waals surface area contributed by atoms with Gasteiger partial charge in [-0.3, -0.25) is 14.9 Å². The number of carbonyl (C=O) groups is 1. The number of aromatic amines is 1. The van der Waals surface area contributed by atoms with Gasteiger partial charge in [0.2, 0.25) is 0 Å². The Bertz CT molecular complexity index is 1340. The molecule has 1 amide bonds. The summed E-state index contributed by atoms with van der Waals surface area (Å²) in [5, 5.41) is 10.2. The molecule has 4 aromatic rings. The number of carbonyl (C=O) groups excluding carboxylic acids is 1. The minimum atomic E-state index is -3.04. The molecule has 2 aromatic carbocycles. The second-order valence-corrected chi connectivity index (χ2v) is 7.29. The summed E-state index contributed by atoms with van der Waals surface area (Å²) in [4.78, 5) is 20.7. The lowest BCUT2D eigenvalue weighted by molar-refractivity contribution is -0.109. The molecule has 0 saturated heterocycles. The number of aliphatic imine (C=N–C) groups is 1. The standard InChI is InChI=1S/C23H20F2N6O2/c1-23(24,25)14-5-8-18(33-2)17(11-14)28-12-19(32)29-15-6-3-13(4-7-15)21-20-16(9-10-27-21)30-31-22(20)26/h3-12H,1-2H3,(H,29,32)(H3,26,30,31). The topological polar surface area (TPSA) is 118 Å². The van der Waals surface area contributed by atoms with Crippen LogP contribution in [0.4, 0.5) is 26.0 Å². The van der Waals surface area contributed by atoms with Crippen LogP contribution >= 0.6 is 0 Å². The second-order valence-electron chi connectivity index (χ2n) is 7.29. The summed E-state index contributed by atoms with van der Waals surface area (Å²) in [5.41, 5.74) is 8.58. The number of nitrogen functional groups attached to an aromatic ring is 1. The van der Waals surface area contributed by atoms with E-state index in [4.69, 9.17) is 10.5 Å². The highest BCUT2D eigenvalue weighted by molar-refractivity contribution is 6.32. The SMILES string of the molecule is COc1ccc(C(C)(F)F)cc1N=CC(=O)Nc1ccc(-c2nccc3[nH]nc(N)c23)cc1. The lowest BCUT2D eigenvalue weighted by atomic mass is 10.1. The molecule has 0 fully saturated rings. The monoisotopic (exact) mass is 450 g/mol. The van der Waals surface area contributed by atoms with Gasteiger partial charge in [-0.15, -0.1) is 0 Å². The van der Waals surface area contributed by atoms with E-state index >= 15 is 0 Å². The van der Waals surface area contributed by atoms with Gasteiger partial charge in [-0.05, 0) is 36.4 Å². The van der Waals surface area contributed by atoms with E-state index in [9.17, 15) is 13.6 Å². The molecule has 0 saturated carbocycles. The van der Waals surface area contributed by atoms with Gasteiger partial charge in [0.15, 0.2) is 5.82 Å². The molecule has 8 nitrogen and oxygen atoms in total. The van der Waals surface area contributed by atoms with Gasteiger partial charge in [-0.2, -0.15) is 5.10 Å². The number of pyridine rings is 1. The normalized spacial score (nSPS) is 11.8. The van der Waals surface area contributed by atoms with Crippen molar-refractivity contribution in [1.82, 2.24) is 15.2 Å². The molecule has 0 spiro atoms. The first-order valence-electron chi connectivity index (χ1n) is 9.86. The molecule has 33 heavy (non-hydrogen) atoms. The fraction of sp³-hybridized carbons (Fsp3) is 0.130. The summed E-state index contributed by atoms with van der Waals surface area (Å²) in [6.07, 6.45) is 2.66. The molecule has 0 unspecified atom stereocenters. The van der Waals surface area contributed by atoms with Crippen LogP contribution in [0.5, 0.6) is 5.75 Å². The molecule has 168 valence electrons. The van der Waals surface area contributed by atoms with Gasteiger partial charge in [0.05, 0.1) is 29.9 Å². The molecule has 4 N–H and O–H groups in total. The van der Waals surface area contributed by atoms with Crippen molar-refractivity contribution in [2.45, 2.75) is 12.8 Å². The van der Waals surface area contributed by atoms with E-state index in [1.807, 2.05) is 0 Å². The quantitative estimate of drug-likeness (QED) is 0.369. The Morgan fingerprint density at radius 1 is 1.21 bits per heavy atom. The van der Waals surface area contributed by atoms with Crippen molar-refractivity contribution in [1.29, 1.82) is 0 Å². The Balaban J connectivity index is 1.51. The first-order valence-corrected chi connectivity index (χ1v) is 9.86. The first kappa shape index (κ1) is 21.9. The molecule has 0 aliphatic rings. The van der Waals surface area contributed by atoms with Crippen LogP contribution in [0.2, 0.25) is 0 Å². The minimum Gasteiger partial charge on any atom is -0.494 e. The van der Waals surface area contributed by atoms with Crippen molar-refractivity contribution in [3.05, 3.63) is 60.3 Å². The second kappa shape index (κ2) is 8.65. The van der Waals surface area contributed by atoms with Gasteiger partial charge >= 0.3 is 0 Å². The van der Waals surface area contributed by atoms with Gasteiger partial charge in [0.1, 0.15) is 11.4 Å². The number of hydrogen-bond donors (Lipinski definition) is 3. The number of hydrogen-bond acceptors (Lipinski definition) is 6. The zero-order valence-corrected chi connectivity index (χ0v) is 17.8. The van der Waals surface area contributed by atoms with Gasteiger partial charge in [0, 0.05) is 29.9 Å². The highest BCUT2D eigenvalue weighted by atomic mass is 19.3. The fourth-order valence-electron chi connectivity index (χ4n) is 3.29. The molecular weight excluding hydrogens is 430 g/mol. The predicted octanol–water partition coefficient (Wildman–Crippen LogP) is 4.67. The Morgan fingerprint density at radius 3 is 2.67 bits per heavy atom.